The smallest absolute Gasteiger partial charge is 0.280 e. The van der Waals surface area contributed by atoms with Crippen molar-refractivity contribution in [3.05, 3.63) is 53.2 Å². The number of nitrogens with zero attached hydrogens (tertiary/aromatic N) is 2. The Morgan fingerprint density at radius 2 is 1.88 bits per heavy atom. The molecule has 0 spiro atoms. The lowest BCUT2D eigenvalue weighted by molar-refractivity contribution is 0.102. The van der Waals surface area contributed by atoms with Crippen molar-refractivity contribution in [2.75, 3.05) is 23.8 Å². The molecular weight excluding hydrogens is 358 g/mol. The molecule has 26 heavy (non-hydrogen) atoms. The van der Waals surface area contributed by atoms with Crippen LogP contribution in [0.1, 0.15) is 10.5 Å². The maximum atomic E-state index is 12.6. The summed E-state index contributed by atoms with van der Waals surface area (Å²) in [6.07, 6.45) is 0. The molecule has 0 saturated carbocycles. The first-order valence-corrected chi connectivity index (χ1v) is 8.22. The van der Waals surface area contributed by atoms with Crippen LogP contribution in [0.2, 0.25) is 5.02 Å². The number of para-hydroxylation sites is 1. The van der Waals surface area contributed by atoms with E-state index in [9.17, 15) is 4.79 Å². The normalized spacial score (nSPS) is 12.5. The van der Waals surface area contributed by atoms with E-state index in [-0.39, 0.29) is 11.5 Å². The molecule has 0 radical (unpaired) electrons. The molecule has 4 rings (SSSR count). The fourth-order valence-electron chi connectivity index (χ4n) is 2.48. The Balaban J connectivity index is 1.53. The number of aromatic amines is 1. The highest BCUT2D eigenvalue weighted by molar-refractivity contribution is 6.33. The van der Waals surface area contributed by atoms with Crippen LogP contribution in [0.3, 0.4) is 0 Å². The number of carbonyl (C=O) groups excluding carboxylic acids is 1. The number of aromatic nitrogens is 3. The Kier molecular flexibility index (Phi) is 4.32. The number of H-pyrrole nitrogens is 1. The molecule has 3 N–H and O–H groups in total. The molecule has 0 bridgehead atoms. The SMILES string of the molecule is O=C(Nc1ccc2c(c1)OCCO2)c1n[nH]nc1Nc1ccccc1Cl. The highest BCUT2D eigenvalue weighted by atomic mass is 35.5. The highest BCUT2D eigenvalue weighted by Gasteiger charge is 2.19. The van der Waals surface area contributed by atoms with Gasteiger partial charge in [-0.2, -0.15) is 5.21 Å². The second kappa shape index (κ2) is 6.93. The Labute approximate surface area is 153 Å². The number of amides is 1. The highest BCUT2D eigenvalue weighted by Crippen LogP contribution is 2.33. The van der Waals surface area contributed by atoms with Gasteiger partial charge in [-0.25, -0.2) is 0 Å². The molecule has 0 saturated heterocycles. The van der Waals surface area contributed by atoms with Crippen LogP contribution >= 0.6 is 11.6 Å². The predicted molar refractivity (Wildman–Crippen MR) is 96.5 cm³/mol. The van der Waals surface area contributed by atoms with Crippen molar-refractivity contribution >= 4 is 34.7 Å². The number of nitrogens with one attached hydrogen (secondary N) is 3. The lowest BCUT2D eigenvalue weighted by Crippen LogP contribution is -2.17. The number of anilines is 3. The van der Waals surface area contributed by atoms with Gasteiger partial charge in [-0.15, -0.1) is 10.2 Å². The summed E-state index contributed by atoms with van der Waals surface area (Å²) in [7, 11) is 0. The van der Waals surface area contributed by atoms with Crippen molar-refractivity contribution in [2.45, 2.75) is 0 Å². The van der Waals surface area contributed by atoms with Gasteiger partial charge in [-0.3, -0.25) is 4.79 Å². The molecule has 0 unspecified atom stereocenters. The summed E-state index contributed by atoms with van der Waals surface area (Å²) in [4.78, 5) is 12.6. The average molecular weight is 372 g/mol. The average Bonchev–Trinajstić information content (AvgIpc) is 3.12. The number of benzene rings is 2. The molecule has 1 amide bonds. The monoisotopic (exact) mass is 371 g/mol. The lowest BCUT2D eigenvalue weighted by Gasteiger charge is -2.18. The Morgan fingerprint density at radius 3 is 2.73 bits per heavy atom. The van der Waals surface area contributed by atoms with Crippen molar-refractivity contribution in [2.24, 2.45) is 0 Å². The van der Waals surface area contributed by atoms with E-state index in [0.717, 1.165) is 0 Å². The molecule has 132 valence electrons. The van der Waals surface area contributed by atoms with Crippen LogP contribution in [0.5, 0.6) is 11.5 Å². The third-order valence-corrected chi connectivity index (χ3v) is 4.02. The fraction of sp³-hybridized carbons (Fsp3) is 0.118. The first-order chi connectivity index (χ1) is 12.7. The van der Waals surface area contributed by atoms with Crippen LogP contribution in [0.25, 0.3) is 0 Å². The number of carbonyl (C=O) groups is 1. The molecule has 1 aliphatic heterocycles. The van der Waals surface area contributed by atoms with Crippen LogP contribution in [-0.4, -0.2) is 34.5 Å². The minimum atomic E-state index is -0.426. The van der Waals surface area contributed by atoms with Gasteiger partial charge >= 0.3 is 0 Å². The minimum absolute atomic E-state index is 0.111. The lowest BCUT2D eigenvalue weighted by atomic mass is 10.2. The standard InChI is InChI=1S/C17H14ClN5O3/c18-11-3-1-2-4-12(11)20-16-15(21-23-22-16)17(24)19-10-5-6-13-14(9-10)26-8-7-25-13/h1-6,9H,7-8H2,(H,19,24)(H2,20,21,22,23). The number of fused-ring (bicyclic) bond motifs is 1. The second-order valence-electron chi connectivity index (χ2n) is 5.44. The van der Waals surface area contributed by atoms with Crippen LogP contribution in [0, 0.1) is 0 Å². The van der Waals surface area contributed by atoms with Crippen LogP contribution in [-0.2, 0) is 0 Å². The Hall–Kier alpha value is -3.26. The minimum Gasteiger partial charge on any atom is -0.486 e. The molecule has 2 heterocycles. The van der Waals surface area contributed by atoms with Gasteiger partial charge in [-0.05, 0) is 24.3 Å². The van der Waals surface area contributed by atoms with Crippen LogP contribution in [0.4, 0.5) is 17.2 Å². The third-order valence-electron chi connectivity index (χ3n) is 3.69. The summed E-state index contributed by atoms with van der Waals surface area (Å²) < 4.78 is 11.0. The molecule has 8 nitrogen and oxygen atoms in total. The summed E-state index contributed by atoms with van der Waals surface area (Å²) in [6, 6.07) is 12.3. The maximum absolute atomic E-state index is 12.6. The van der Waals surface area contributed by atoms with E-state index in [4.69, 9.17) is 21.1 Å². The number of halogens is 1. The molecule has 1 aromatic heterocycles. The van der Waals surface area contributed by atoms with E-state index in [1.807, 2.05) is 12.1 Å². The van der Waals surface area contributed by atoms with Crippen molar-refractivity contribution in [1.82, 2.24) is 15.4 Å². The van der Waals surface area contributed by atoms with Crippen molar-refractivity contribution in [3.8, 4) is 11.5 Å². The van der Waals surface area contributed by atoms with Gasteiger partial charge in [0.1, 0.15) is 13.2 Å². The molecule has 0 aliphatic carbocycles. The summed E-state index contributed by atoms with van der Waals surface area (Å²) >= 11 is 6.12. The van der Waals surface area contributed by atoms with Crippen LogP contribution in [0.15, 0.2) is 42.5 Å². The maximum Gasteiger partial charge on any atom is 0.280 e. The number of rotatable bonds is 4. The van der Waals surface area contributed by atoms with Gasteiger partial charge < -0.3 is 20.1 Å². The van der Waals surface area contributed by atoms with E-state index in [1.165, 1.54) is 0 Å². The molecule has 0 atom stereocenters. The number of hydrogen-bond acceptors (Lipinski definition) is 6. The second-order valence-corrected chi connectivity index (χ2v) is 5.85. The quantitative estimate of drug-likeness (QED) is 0.651. The summed E-state index contributed by atoms with van der Waals surface area (Å²) in [5, 5.41) is 16.6. The molecule has 0 fully saturated rings. The molecular formula is C17H14ClN5O3. The molecule has 2 aromatic carbocycles. The zero-order chi connectivity index (χ0) is 17.9. The Bertz CT molecular complexity index is 959. The van der Waals surface area contributed by atoms with Gasteiger partial charge in [0.15, 0.2) is 23.0 Å². The van der Waals surface area contributed by atoms with Gasteiger partial charge in [0.25, 0.3) is 5.91 Å². The topological polar surface area (TPSA) is 101 Å². The molecule has 1 aliphatic rings. The zero-order valence-electron chi connectivity index (χ0n) is 13.5. The summed E-state index contributed by atoms with van der Waals surface area (Å²) in [6.45, 7) is 0.980. The first kappa shape index (κ1) is 16.2. The third kappa shape index (κ3) is 3.27. The molecule has 3 aromatic rings. The van der Waals surface area contributed by atoms with Crippen LogP contribution < -0.4 is 20.1 Å². The Morgan fingerprint density at radius 1 is 1.08 bits per heavy atom. The van der Waals surface area contributed by atoms with Gasteiger partial charge in [0.05, 0.1) is 10.7 Å². The fourth-order valence-corrected chi connectivity index (χ4v) is 2.66. The van der Waals surface area contributed by atoms with E-state index in [2.05, 4.69) is 26.0 Å². The predicted octanol–water partition coefficient (Wildman–Crippen LogP) is 3.23. The van der Waals surface area contributed by atoms with E-state index in [0.29, 0.717) is 41.1 Å². The zero-order valence-corrected chi connectivity index (χ0v) is 14.2. The van der Waals surface area contributed by atoms with Crippen molar-refractivity contribution in [3.63, 3.8) is 0 Å². The summed E-state index contributed by atoms with van der Waals surface area (Å²) in [5.41, 5.74) is 1.29. The summed E-state index contributed by atoms with van der Waals surface area (Å²) in [5.74, 6) is 1.08. The van der Waals surface area contributed by atoms with E-state index in [1.54, 1.807) is 30.3 Å². The van der Waals surface area contributed by atoms with Crippen molar-refractivity contribution in [1.29, 1.82) is 0 Å². The molecule has 9 heteroatoms. The number of hydrogen-bond donors (Lipinski definition) is 3. The van der Waals surface area contributed by atoms with Gasteiger partial charge in [0, 0.05) is 11.8 Å². The number of ether oxygens (including phenoxy) is 2. The van der Waals surface area contributed by atoms with E-state index < -0.39 is 5.91 Å². The van der Waals surface area contributed by atoms with Crippen molar-refractivity contribution < 1.29 is 14.3 Å². The largest absolute Gasteiger partial charge is 0.486 e. The van der Waals surface area contributed by atoms with Gasteiger partial charge in [-0.1, -0.05) is 23.7 Å². The van der Waals surface area contributed by atoms with E-state index >= 15 is 0 Å². The van der Waals surface area contributed by atoms with Gasteiger partial charge in [0.2, 0.25) is 0 Å². The first-order valence-electron chi connectivity index (χ1n) is 7.84.